The molecule has 1 fully saturated rings. The Balaban J connectivity index is 1.35. The summed E-state index contributed by atoms with van der Waals surface area (Å²) in [7, 11) is 0. The van der Waals surface area contributed by atoms with Crippen molar-refractivity contribution in [1.82, 2.24) is 5.32 Å². The van der Waals surface area contributed by atoms with E-state index in [9.17, 15) is 13.6 Å². The predicted molar refractivity (Wildman–Crippen MR) is 93.3 cm³/mol. The van der Waals surface area contributed by atoms with Crippen LogP contribution in [0.5, 0.6) is 17.2 Å². The van der Waals surface area contributed by atoms with Crippen molar-refractivity contribution in [3.63, 3.8) is 0 Å². The zero-order valence-electron chi connectivity index (χ0n) is 14.3. The lowest BCUT2D eigenvalue weighted by Crippen LogP contribution is -2.35. The summed E-state index contributed by atoms with van der Waals surface area (Å²) >= 11 is 0. The van der Waals surface area contributed by atoms with Gasteiger partial charge in [-0.25, -0.2) is 8.78 Å². The summed E-state index contributed by atoms with van der Waals surface area (Å²) in [6.45, 7) is -0.0000830. The van der Waals surface area contributed by atoms with Crippen molar-refractivity contribution in [2.75, 3.05) is 18.7 Å². The number of carbonyl (C=O) groups excluding carboxylic acids is 1. The molecule has 0 spiro atoms. The van der Waals surface area contributed by atoms with Gasteiger partial charge < -0.3 is 19.5 Å². The first-order valence-electron chi connectivity index (χ1n) is 8.52. The molecule has 2 N–H and O–H groups in total. The van der Waals surface area contributed by atoms with Crippen LogP contribution in [0.1, 0.15) is 12.0 Å². The van der Waals surface area contributed by atoms with Crippen LogP contribution >= 0.6 is 0 Å². The molecule has 2 aliphatic rings. The fourth-order valence-electron chi connectivity index (χ4n) is 3.00. The molecule has 27 heavy (non-hydrogen) atoms. The van der Waals surface area contributed by atoms with Gasteiger partial charge in [-0.05, 0) is 29.8 Å². The lowest BCUT2D eigenvalue weighted by Gasteiger charge is -2.12. The molecule has 1 saturated heterocycles. The molecule has 8 heteroatoms. The minimum atomic E-state index is -2.84. The normalized spacial score (nSPS) is 19.7. The van der Waals surface area contributed by atoms with Gasteiger partial charge in [-0.2, -0.15) is 0 Å². The highest BCUT2D eigenvalue weighted by molar-refractivity contribution is 5.95. The Hall–Kier alpha value is -2.87. The van der Waals surface area contributed by atoms with Crippen LogP contribution in [0.25, 0.3) is 0 Å². The largest absolute Gasteiger partial charge is 0.489 e. The zero-order valence-corrected chi connectivity index (χ0v) is 14.3. The van der Waals surface area contributed by atoms with Crippen LogP contribution in [0.4, 0.5) is 14.5 Å². The highest BCUT2D eigenvalue weighted by atomic mass is 19.3. The second-order valence-corrected chi connectivity index (χ2v) is 6.49. The number of nitrogens with one attached hydrogen (secondary N) is 2. The highest BCUT2D eigenvalue weighted by Crippen LogP contribution is 2.35. The Morgan fingerprint density at radius 2 is 2.07 bits per heavy atom. The summed E-state index contributed by atoms with van der Waals surface area (Å²) in [5.74, 6) is -1.37. The third kappa shape index (κ3) is 4.11. The van der Waals surface area contributed by atoms with Crippen molar-refractivity contribution in [1.29, 1.82) is 0 Å². The first-order chi connectivity index (χ1) is 13.0. The van der Waals surface area contributed by atoms with Crippen molar-refractivity contribution in [3.05, 3.63) is 48.0 Å². The predicted octanol–water partition coefficient (Wildman–Crippen LogP) is 2.93. The van der Waals surface area contributed by atoms with Crippen LogP contribution in [0.3, 0.4) is 0 Å². The van der Waals surface area contributed by atoms with Crippen LogP contribution in [-0.4, -0.2) is 31.2 Å². The molecule has 0 saturated carbocycles. The van der Waals surface area contributed by atoms with Gasteiger partial charge in [-0.1, -0.05) is 12.1 Å². The van der Waals surface area contributed by atoms with E-state index in [0.29, 0.717) is 22.9 Å². The van der Waals surface area contributed by atoms with Crippen LogP contribution in [0.15, 0.2) is 42.5 Å². The molecule has 1 amide bonds. The van der Waals surface area contributed by atoms with Gasteiger partial charge in [0.2, 0.25) is 12.7 Å². The second kappa shape index (κ2) is 7.03. The molecule has 2 heterocycles. The van der Waals surface area contributed by atoms with E-state index in [-0.39, 0.29) is 13.4 Å². The fraction of sp³-hybridized carbons (Fsp3) is 0.316. The molecular formula is C19H18F2N2O4. The summed E-state index contributed by atoms with van der Waals surface area (Å²) in [4.78, 5) is 12.1. The maximum Gasteiger partial charge on any atom is 0.262 e. The highest BCUT2D eigenvalue weighted by Gasteiger charge is 2.42. The van der Waals surface area contributed by atoms with Crippen LogP contribution in [0.2, 0.25) is 0 Å². The number of rotatable bonds is 5. The smallest absolute Gasteiger partial charge is 0.262 e. The maximum absolute atomic E-state index is 13.2. The third-order valence-corrected chi connectivity index (χ3v) is 4.37. The summed E-state index contributed by atoms with van der Waals surface area (Å²) in [6.07, 6.45) is -0.494. The molecule has 4 rings (SSSR count). The molecule has 1 atom stereocenters. The lowest BCUT2D eigenvalue weighted by molar-refractivity contribution is -0.118. The van der Waals surface area contributed by atoms with Crippen molar-refractivity contribution in [2.45, 2.75) is 25.0 Å². The molecule has 1 unspecified atom stereocenters. The number of amides is 1. The number of carbonyl (C=O) groups is 1. The van der Waals surface area contributed by atoms with E-state index in [0.717, 1.165) is 5.56 Å². The van der Waals surface area contributed by atoms with Crippen molar-refractivity contribution >= 4 is 11.6 Å². The minimum absolute atomic E-state index is 0.197. The summed E-state index contributed by atoms with van der Waals surface area (Å²) < 4.78 is 42.8. The van der Waals surface area contributed by atoms with Crippen molar-refractivity contribution in [3.8, 4) is 17.2 Å². The first-order valence-corrected chi connectivity index (χ1v) is 8.52. The molecule has 2 aromatic carbocycles. The van der Waals surface area contributed by atoms with Gasteiger partial charge >= 0.3 is 0 Å². The Labute approximate surface area is 154 Å². The van der Waals surface area contributed by atoms with E-state index in [2.05, 4.69) is 10.6 Å². The van der Waals surface area contributed by atoms with E-state index in [1.165, 1.54) is 0 Å². The Bertz CT molecular complexity index is 859. The summed E-state index contributed by atoms with van der Waals surface area (Å²) in [6, 6.07) is 11.5. The molecule has 0 aliphatic carbocycles. The molecule has 2 aromatic rings. The van der Waals surface area contributed by atoms with Gasteiger partial charge in [0.15, 0.2) is 11.5 Å². The van der Waals surface area contributed by atoms with Crippen molar-refractivity contribution < 1.29 is 27.8 Å². The van der Waals surface area contributed by atoms with E-state index in [1.807, 2.05) is 6.07 Å². The summed E-state index contributed by atoms with van der Waals surface area (Å²) in [5, 5.41) is 5.21. The number of benzene rings is 2. The maximum atomic E-state index is 13.2. The zero-order chi connectivity index (χ0) is 18.9. The topological polar surface area (TPSA) is 68.8 Å². The van der Waals surface area contributed by atoms with Crippen LogP contribution in [0, 0.1) is 0 Å². The monoisotopic (exact) mass is 376 g/mol. The molecule has 0 bridgehead atoms. The van der Waals surface area contributed by atoms with E-state index in [1.54, 1.807) is 36.4 Å². The Kier molecular flexibility index (Phi) is 4.57. The number of fused-ring (bicyclic) bond motifs is 1. The average molecular weight is 376 g/mol. The van der Waals surface area contributed by atoms with E-state index in [4.69, 9.17) is 14.2 Å². The number of hydrogen-bond donors (Lipinski definition) is 2. The molecule has 6 nitrogen and oxygen atoms in total. The number of hydrogen-bond acceptors (Lipinski definition) is 5. The second-order valence-electron chi connectivity index (χ2n) is 6.49. The van der Waals surface area contributed by atoms with Crippen LogP contribution in [-0.2, 0) is 11.4 Å². The average Bonchev–Trinajstić information content (AvgIpc) is 3.25. The van der Waals surface area contributed by atoms with Crippen molar-refractivity contribution in [2.24, 2.45) is 0 Å². The number of anilines is 1. The first kappa shape index (κ1) is 17.5. The van der Waals surface area contributed by atoms with Gasteiger partial charge in [0.25, 0.3) is 5.92 Å². The van der Waals surface area contributed by atoms with Gasteiger partial charge in [0.05, 0.1) is 12.6 Å². The van der Waals surface area contributed by atoms with Crippen LogP contribution < -0.4 is 24.8 Å². The Morgan fingerprint density at radius 3 is 2.89 bits per heavy atom. The van der Waals surface area contributed by atoms with Gasteiger partial charge in [-0.15, -0.1) is 0 Å². The molecule has 2 aliphatic heterocycles. The van der Waals surface area contributed by atoms with Gasteiger partial charge in [0.1, 0.15) is 12.4 Å². The molecule has 142 valence electrons. The molecule has 0 aromatic heterocycles. The van der Waals surface area contributed by atoms with Gasteiger partial charge in [0, 0.05) is 18.2 Å². The van der Waals surface area contributed by atoms with Gasteiger partial charge in [-0.3, -0.25) is 10.1 Å². The standard InChI is InChI=1S/C19H18F2N2O4/c20-19(21)8-15(22-10-19)18(24)23-13-3-1-2-12(6-13)9-25-14-4-5-16-17(7-14)27-11-26-16/h1-7,15,22H,8-11H2,(H,23,24). The number of alkyl halides is 2. The minimum Gasteiger partial charge on any atom is -0.489 e. The SMILES string of the molecule is O=C(Nc1cccc(COc2ccc3c(c2)OCO3)c1)C1CC(F)(F)CN1. The third-order valence-electron chi connectivity index (χ3n) is 4.37. The molecule has 0 radical (unpaired) electrons. The number of halogens is 2. The van der Waals surface area contributed by atoms with E-state index < -0.39 is 30.8 Å². The lowest BCUT2D eigenvalue weighted by atomic mass is 10.1. The van der Waals surface area contributed by atoms with E-state index >= 15 is 0 Å². The number of ether oxygens (including phenoxy) is 3. The quantitative estimate of drug-likeness (QED) is 0.840. The molecular weight excluding hydrogens is 358 g/mol. The summed E-state index contributed by atoms with van der Waals surface area (Å²) in [5.41, 5.74) is 1.36. The fourth-order valence-corrected chi connectivity index (χ4v) is 3.00. The Morgan fingerprint density at radius 1 is 1.22 bits per heavy atom.